The molecule has 1 aromatic heterocycles. The molecule has 4 rings (SSSR count). The second-order valence-corrected chi connectivity index (χ2v) is 8.50. The summed E-state index contributed by atoms with van der Waals surface area (Å²) < 4.78 is 0. The molecule has 0 spiro atoms. The smallest absolute Gasteiger partial charge is 0.249 e. The number of carbonyl (C=O) groups is 3. The zero-order chi connectivity index (χ0) is 19.1. The third-order valence-electron chi connectivity index (χ3n) is 4.95. The summed E-state index contributed by atoms with van der Waals surface area (Å²) in [5, 5.41) is 3.22. The third kappa shape index (κ3) is 3.64. The van der Waals surface area contributed by atoms with Crippen molar-refractivity contribution in [3.8, 4) is 11.3 Å². The quantitative estimate of drug-likeness (QED) is 0.804. The van der Waals surface area contributed by atoms with E-state index in [1.165, 1.54) is 16.9 Å². The first kappa shape index (κ1) is 17.9. The van der Waals surface area contributed by atoms with E-state index in [0.717, 1.165) is 34.0 Å². The van der Waals surface area contributed by atoms with Gasteiger partial charge in [0.05, 0.1) is 23.5 Å². The molecule has 7 heteroatoms. The first-order valence-corrected chi connectivity index (χ1v) is 9.92. The van der Waals surface area contributed by atoms with Crippen LogP contribution in [0.25, 0.3) is 11.3 Å². The summed E-state index contributed by atoms with van der Waals surface area (Å²) in [5.41, 5.74) is 2.98. The minimum atomic E-state index is -0.672. The standard InChI is InChI=1S/C20H21N3O3S/c1-11-3-5-13(6-4-11)19-16(27-12(2)21-19)10-18(25)23(14-7-8-14)15-9-17(24)22-20(15)26/h3-6,14-15H,7-10H2,1-2H3,(H,22,24,26)/t15-/m1/s1. The van der Waals surface area contributed by atoms with Crippen LogP contribution in [0, 0.1) is 13.8 Å². The van der Waals surface area contributed by atoms with Crippen molar-refractivity contribution >= 4 is 29.1 Å². The van der Waals surface area contributed by atoms with Gasteiger partial charge in [0, 0.05) is 16.5 Å². The van der Waals surface area contributed by atoms with Crippen LogP contribution in [0.3, 0.4) is 0 Å². The minimum Gasteiger partial charge on any atom is -0.327 e. The number of carbonyl (C=O) groups excluding carboxylic acids is 3. The van der Waals surface area contributed by atoms with Gasteiger partial charge >= 0.3 is 0 Å². The maximum Gasteiger partial charge on any atom is 0.249 e. The highest BCUT2D eigenvalue weighted by atomic mass is 32.1. The second-order valence-electron chi connectivity index (χ2n) is 7.21. The number of nitrogens with one attached hydrogen (secondary N) is 1. The largest absolute Gasteiger partial charge is 0.327 e. The Labute approximate surface area is 161 Å². The summed E-state index contributed by atoms with van der Waals surface area (Å²) in [4.78, 5) is 43.9. The van der Waals surface area contributed by atoms with Crippen molar-refractivity contribution in [2.24, 2.45) is 0 Å². The molecular formula is C20H21N3O3S. The molecule has 2 aliphatic rings. The van der Waals surface area contributed by atoms with E-state index in [-0.39, 0.29) is 36.6 Å². The molecule has 1 N–H and O–H groups in total. The number of thiazole rings is 1. The van der Waals surface area contributed by atoms with Gasteiger partial charge in [-0.3, -0.25) is 19.7 Å². The van der Waals surface area contributed by atoms with Gasteiger partial charge in [-0.2, -0.15) is 0 Å². The molecule has 27 heavy (non-hydrogen) atoms. The van der Waals surface area contributed by atoms with Gasteiger partial charge in [0.1, 0.15) is 6.04 Å². The third-order valence-corrected chi connectivity index (χ3v) is 5.92. The fourth-order valence-electron chi connectivity index (χ4n) is 3.50. The fraction of sp³-hybridized carbons (Fsp3) is 0.400. The van der Waals surface area contributed by atoms with Gasteiger partial charge in [-0.25, -0.2) is 4.98 Å². The Balaban J connectivity index is 1.59. The number of amides is 3. The van der Waals surface area contributed by atoms with E-state index < -0.39 is 6.04 Å². The maximum atomic E-state index is 13.1. The Hall–Kier alpha value is -2.54. The van der Waals surface area contributed by atoms with Crippen molar-refractivity contribution in [2.75, 3.05) is 0 Å². The number of benzene rings is 1. The summed E-state index contributed by atoms with van der Waals surface area (Å²) in [5.74, 6) is -0.777. The van der Waals surface area contributed by atoms with Crippen molar-refractivity contribution in [2.45, 2.75) is 51.6 Å². The molecular weight excluding hydrogens is 362 g/mol. The van der Waals surface area contributed by atoms with Gasteiger partial charge < -0.3 is 4.90 Å². The normalized spacial score (nSPS) is 19.3. The van der Waals surface area contributed by atoms with E-state index >= 15 is 0 Å². The van der Waals surface area contributed by atoms with E-state index in [2.05, 4.69) is 10.3 Å². The molecule has 0 radical (unpaired) electrons. The van der Waals surface area contributed by atoms with Gasteiger partial charge in [-0.05, 0) is 26.7 Å². The number of nitrogens with zero attached hydrogens (tertiary/aromatic N) is 2. The lowest BCUT2D eigenvalue weighted by Crippen LogP contribution is -2.46. The van der Waals surface area contributed by atoms with Crippen molar-refractivity contribution in [1.29, 1.82) is 0 Å². The van der Waals surface area contributed by atoms with Gasteiger partial charge in [-0.1, -0.05) is 29.8 Å². The number of rotatable bonds is 5. The van der Waals surface area contributed by atoms with E-state index in [0.29, 0.717) is 0 Å². The van der Waals surface area contributed by atoms with Crippen molar-refractivity contribution < 1.29 is 14.4 Å². The van der Waals surface area contributed by atoms with Crippen LogP contribution >= 0.6 is 11.3 Å². The van der Waals surface area contributed by atoms with Crippen LogP contribution in [0.15, 0.2) is 24.3 Å². The van der Waals surface area contributed by atoms with Gasteiger partial charge in [-0.15, -0.1) is 11.3 Å². The fourth-order valence-corrected chi connectivity index (χ4v) is 4.45. The summed E-state index contributed by atoms with van der Waals surface area (Å²) in [7, 11) is 0. The predicted octanol–water partition coefficient (Wildman–Crippen LogP) is 2.38. The first-order valence-electron chi connectivity index (χ1n) is 9.10. The highest BCUT2D eigenvalue weighted by Crippen LogP contribution is 2.34. The lowest BCUT2D eigenvalue weighted by molar-refractivity contribution is -0.139. The number of hydrogen-bond acceptors (Lipinski definition) is 5. The monoisotopic (exact) mass is 383 g/mol. The molecule has 1 aliphatic carbocycles. The second kappa shape index (κ2) is 6.88. The zero-order valence-electron chi connectivity index (χ0n) is 15.3. The molecule has 1 saturated carbocycles. The molecule has 6 nitrogen and oxygen atoms in total. The number of aryl methyl sites for hydroxylation is 2. The Morgan fingerprint density at radius 1 is 1.22 bits per heavy atom. The van der Waals surface area contributed by atoms with Crippen LogP contribution in [0.2, 0.25) is 0 Å². The Bertz CT molecular complexity index is 915. The topological polar surface area (TPSA) is 79.4 Å². The molecule has 3 amide bonds. The molecule has 1 aromatic carbocycles. The number of imide groups is 1. The molecule has 2 aromatic rings. The van der Waals surface area contributed by atoms with E-state index in [1.807, 2.05) is 38.1 Å². The summed E-state index contributed by atoms with van der Waals surface area (Å²) >= 11 is 1.51. The van der Waals surface area contributed by atoms with Crippen molar-refractivity contribution in [3.05, 3.63) is 39.7 Å². The SMILES string of the molecule is Cc1ccc(-c2nc(C)sc2CC(=O)N(C2CC2)[C@@H]2CC(=O)NC2=O)cc1. The molecule has 140 valence electrons. The summed E-state index contributed by atoms with van der Waals surface area (Å²) in [6.45, 7) is 3.96. The number of hydrogen-bond donors (Lipinski definition) is 1. The molecule has 2 heterocycles. The first-order chi connectivity index (χ1) is 12.9. The van der Waals surface area contributed by atoms with Crippen LogP contribution in [-0.4, -0.2) is 39.7 Å². The van der Waals surface area contributed by atoms with Crippen LogP contribution in [0.1, 0.15) is 34.7 Å². The van der Waals surface area contributed by atoms with E-state index in [4.69, 9.17) is 0 Å². The highest BCUT2D eigenvalue weighted by molar-refractivity contribution is 7.12. The lowest BCUT2D eigenvalue weighted by atomic mass is 10.1. The summed E-state index contributed by atoms with van der Waals surface area (Å²) in [6.07, 6.45) is 2.03. The predicted molar refractivity (Wildman–Crippen MR) is 102 cm³/mol. The summed E-state index contributed by atoms with van der Waals surface area (Å²) in [6, 6.07) is 7.48. The van der Waals surface area contributed by atoms with Gasteiger partial charge in [0.25, 0.3) is 0 Å². The van der Waals surface area contributed by atoms with Crippen molar-refractivity contribution in [1.82, 2.24) is 15.2 Å². The van der Waals surface area contributed by atoms with E-state index in [1.54, 1.807) is 4.90 Å². The maximum absolute atomic E-state index is 13.1. The van der Waals surface area contributed by atoms with Crippen LogP contribution in [-0.2, 0) is 20.8 Å². The van der Waals surface area contributed by atoms with Crippen LogP contribution in [0.5, 0.6) is 0 Å². The minimum absolute atomic E-state index is 0.0631. The molecule has 0 unspecified atom stereocenters. The van der Waals surface area contributed by atoms with Gasteiger partial charge in [0.2, 0.25) is 17.7 Å². The molecule has 1 aliphatic heterocycles. The lowest BCUT2D eigenvalue weighted by Gasteiger charge is -2.26. The molecule has 2 fully saturated rings. The molecule has 0 bridgehead atoms. The van der Waals surface area contributed by atoms with Gasteiger partial charge in [0.15, 0.2) is 0 Å². The highest BCUT2D eigenvalue weighted by Gasteiger charge is 2.44. The Morgan fingerprint density at radius 2 is 1.93 bits per heavy atom. The Morgan fingerprint density at radius 3 is 2.52 bits per heavy atom. The Kier molecular flexibility index (Phi) is 4.55. The zero-order valence-corrected chi connectivity index (χ0v) is 16.1. The average molecular weight is 383 g/mol. The molecule has 1 saturated heterocycles. The van der Waals surface area contributed by atoms with Crippen LogP contribution < -0.4 is 5.32 Å². The number of aromatic nitrogens is 1. The average Bonchev–Trinajstić information content (AvgIpc) is 3.29. The van der Waals surface area contributed by atoms with E-state index in [9.17, 15) is 14.4 Å². The molecule has 1 atom stereocenters. The van der Waals surface area contributed by atoms with Crippen LogP contribution in [0.4, 0.5) is 0 Å². The van der Waals surface area contributed by atoms with Crippen molar-refractivity contribution in [3.63, 3.8) is 0 Å².